The third-order valence-corrected chi connectivity index (χ3v) is 4.03. The Balaban J connectivity index is 2.11. The van der Waals surface area contributed by atoms with E-state index in [2.05, 4.69) is 22.6 Å². The number of hydrogen-bond donors (Lipinski definition) is 1. The summed E-state index contributed by atoms with van der Waals surface area (Å²) in [6.07, 6.45) is 3.48. The molecular weight excluding hydrogens is 208 g/mol. The number of nitrogens with one attached hydrogen (secondary N) is 1. The number of amides is 1. The van der Waals surface area contributed by atoms with E-state index in [0.717, 1.165) is 30.0 Å². The summed E-state index contributed by atoms with van der Waals surface area (Å²) in [4.78, 5) is 15.7. The second kappa shape index (κ2) is 3.93. The molecule has 1 aromatic heterocycles. The van der Waals surface area contributed by atoms with Gasteiger partial charge in [0.2, 0.25) is 5.91 Å². The van der Waals surface area contributed by atoms with Crippen LogP contribution < -0.4 is 5.32 Å². The van der Waals surface area contributed by atoms with E-state index in [1.54, 1.807) is 11.3 Å². The minimum absolute atomic E-state index is 0.0264. The summed E-state index contributed by atoms with van der Waals surface area (Å²) in [5, 5.41) is 6.30. The summed E-state index contributed by atoms with van der Waals surface area (Å²) in [6, 6.07) is 0. The summed E-state index contributed by atoms with van der Waals surface area (Å²) in [6.45, 7) is 4.14. The Morgan fingerprint density at radius 2 is 2.47 bits per heavy atom. The molecular formula is C11H16N2OS. The molecule has 4 heteroatoms. The van der Waals surface area contributed by atoms with Gasteiger partial charge in [0.05, 0.1) is 5.01 Å². The Kier molecular flexibility index (Phi) is 2.78. The number of carbonyl (C=O) groups is 1. The standard InChI is InChI=1S/C11H16N2OS/c1-3-11(5-4-9(14)13-11)6-10-12-8(2)7-15-10/h7H,3-6H2,1-2H3,(H,13,14). The largest absolute Gasteiger partial charge is 0.350 e. The third kappa shape index (κ3) is 2.20. The van der Waals surface area contributed by atoms with Crippen molar-refractivity contribution >= 4 is 17.2 Å². The van der Waals surface area contributed by atoms with Crippen LogP contribution in [0.3, 0.4) is 0 Å². The van der Waals surface area contributed by atoms with Crippen molar-refractivity contribution in [3.05, 3.63) is 16.1 Å². The number of aryl methyl sites for hydroxylation is 1. The molecule has 1 fully saturated rings. The van der Waals surface area contributed by atoms with Crippen LogP contribution >= 0.6 is 11.3 Å². The number of aromatic nitrogens is 1. The first-order chi connectivity index (χ1) is 7.13. The molecule has 3 nitrogen and oxygen atoms in total. The third-order valence-electron chi connectivity index (χ3n) is 3.07. The van der Waals surface area contributed by atoms with Crippen molar-refractivity contribution in [1.82, 2.24) is 10.3 Å². The van der Waals surface area contributed by atoms with Crippen LogP contribution in [0, 0.1) is 6.92 Å². The van der Waals surface area contributed by atoms with Crippen molar-refractivity contribution in [3.63, 3.8) is 0 Å². The normalized spacial score (nSPS) is 25.6. The smallest absolute Gasteiger partial charge is 0.220 e. The van der Waals surface area contributed by atoms with Gasteiger partial charge in [0, 0.05) is 29.5 Å². The monoisotopic (exact) mass is 224 g/mol. The van der Waals surface area contributed by atoms with E-state index in [1.807, 2.05) is 6.92 Å². The first kappa shape index (κ1) is 10.6. The predicted molar refractivity (Wildman–Crippen MR) is 61.0 cm³/mol. The van der Waals surface area contributed by atoms with Crippen LogP contribution in [-0.2, 0) is 11.2 Å². The van der Waals surface area contributed by atoms with Gasteiger partial charge < -0.3 is 5.32 Å². The molecule has 1 atom stereocenters. The summed E-state index contributed by atoms with van der Waals surface area (Å²) >= 11 is 1.69. The molecule has 15 heavy (non-hydrogen) atoms. The quantitative estimate of drug-likeness (QED) is 0.854. The van der Waals surface area contributed by atoms with Gasteiger partial charge in [-0.15, -0.1) is 11.3 Å². The van der Waals surface area contributed by atoms with Crippen LogP contribution in [0.4, 0.5) is 0 Å². The molecule has 1 N–H and O–H groups in total. The second-order valence-electron chi connectivity index (χ2n) is 4.24. The van der Waals surface area contributed by atoms with Crippen molar-refractivity contribution in [2.24, 2.45) is 0 Å². The van der Waals surface area contributed by atoms with E-state index in [4.69, 9.17) is 0 Å². The molecule has 1 aromatic rings. The van der Waals surface area contributed by atoms with E-state index in [1.165, 1.54) is 0 Å². The van der Waals surface area contributed by atoms with E-state index in [0.29, 0.717) is 6.42 Å². The fourth-order valence-corrected chi connectivity index (χ4v) is 2.99. The number of thiazole rings is 1. The molecule has 0 radical (unpaired) electrons. The average molecular weight is 224 g/mol. The molecule has 2 rings (SSSR count). The van der Waals surface area contributed by atoms with Crippen LogP contribution in [0.5, 0.6) is 0 Å². The zero-order valence-corrected chi connectivity index (χ0v) is 9.99. The summed E-state index contributed by atoms with van der Waals surface area (Å²) in [5.74, 6) is 0.185. The van der Waals surface area contributed by atoms with Crippen LogP contribution in [0.25, 0.3) is 0 Å². The van der Waals surface area contributed by atoms with Gasteiger partial charge >= 0.3 is 0 Å². The Labute approximate surface area is 93.9 Å². The zero-order valence-electron chi connectivity index (χ0n) is 9.17. The lowest BCUT2D eigenvalue weighted by molar-refractivity contribution is -0.119. The molecule has 1 aliphatic heterocycles. The molecule has 1 saturated heterocycles. The number of nitrogens with zero attached hydrogens (tertiary/aromatic N) is 1. The summed E-state index contributed by atoms with van der Waals surface area (Å²) < 4.78 is 0. The lowest BCUT2D eigenvalue weighted by Gasteiger charge is -2.26. The van der Waals surface area contributed by atoms with Crippen molar-refractivity contribution in [2.45, 2.75) is 45.1 Å². The molecule has 1 unspecified atom stereocenters. The fraction of sp³-hybridized carbons (Fsp3) is 0.636. The Bertz CT molecular complexity index is 374. The van der Waals surface area contributed by atoms with E-state index >= 15 is 0 Å². The lowest BCUT2D eigenvalue weighted by atomic mass is 9.91. The highest BCUT2D eigenvalue weighted by Crippen LogP contribution is 2.28. The maximum Gasteiger partial charge on any atom is 0.220 e. The fourth-order valence-electron chi connectivity index (χ4n) is 2.07. The maximum absolute atomic E-state index is 11.3. The van der Waals surface area contributed by atoms with Gasteiger partial charge in [-0.25, -0.2) is 4.98 Å². The highest BCUT2D eigenvalue weighted by molar-refractivity contribution is 7.09. The molecule has 0 saturated carbocycles. The van der Waals surface area contributed by atoms with Gasteiger partial charge in [0.1, 0.15) is 0 Å². The second-order valence-corrected chi connectivity index (χ2v) is 5.18. The average Bonchev–Trinajstić information content (AvgIpc) is 2.75. The molecule has 1 aliphatic rings. The molecule has 82 valence electrons. The van der Waals surface area contributed by atoms with Crippen molar-refractivity contribution in [3.8, 4) is 0 Å². The van der Waals surface area contributed by atoms with Crippen molar-refractivity contribution in [1.29, 1.82) is 0 Å². The zero-order chi connectivity index (χ0) is 10.9. The van der Waals surface area contributed by atoms with E-state index in [-0.39, 0.29) is 11.4 Å². The topological polar surface area (TPSA) is 42.0 Å². The SMILES string of the molecule is CCC1(Cc2nc(C)cs2)CCC(=O)N1. The van der Waals surface area contributed by atoms with Gasteiger partial charge in [-0.2, -0.15) is 0 Å². The van der Waals surface area contributed by atoms with Gasteiger partial charge in [-0.3, -0.25) is 4.79 Å². The number of rotatable bonds is 3. The van der Waals surface area contributed by atoms with E-state index < -0.39 is 0 Å². The van der Waals surface area contributed by atoms with Gasteiger partial charge in [-0.05, 0) is 19.8 Å². The van der Waals surface area contributed by atoms with Crippen LogP contribution in [0.1, 0.15) is 36.9 Å². The molecule has 1 amide bonds. The van der Waals surface area contributed by atoms with Crippen LogP contribution in [-0.4, -0.2) is 16.4 Å². The van der Waals surface area contributed by atoms with E-state index in [9.17, 15) is 4.79 Å². The van der Waals surface area contributed by atoms with Gasteiger partial charge in [0.25, 0.3) is 0 Å². The number of hydrogen-bond acceptors (Lipinski definition) is 3. The number of carbonyl (C=O) groups excluding carboxylic acids is 1. The minimum Gasteiger partial charge on any atom is -0.350 e. The summed E-state index contributed by atoms with van der Waals surface area (Å²) in [5.41, 5.74) is 1.05. The summed E-state index contributed by atoms with van der Waals surface area (Å²) in [7, 11) is 0. The molecule has 0 spiro atoms. The molecule has 0 aromatic carbocycles. The minimum atomic E-state index is -0.0264. The Hall–Kier alpha value is -0.900. The highest BCUT2D eigenvalue weighted by atomic mass is 32.1. The Morgan fingerprint density at radius 3 is 2.93 bits per heavy atom. The van der Waals surface area contributed by atoms with Crippen molar-refractivity contribution in [2.75, 3.05) is 0 Å². The van der Waals surface area contributed by atoms with Crippen LogP contribution in [0.2, 0.25) is 0 Å². The van der Waals surface area contributed by atoms with Crippen LogP contribution in [0.15, 0.2) is 5.38 Å². The molecule has 0 aliphatic carbocycles. The molecule has 2 heterocycles. The predicted octanol–water partition coefficient (Wildman–Crippen LogP) is 2.05. The van der Waals surface area contributed by atoms with Gasteiger partial charge in [-0.1, -0.05) is 6.92 Å². The Morgan fingerprint density at radius 1 is 1.67 bits per heavy atom. The van der Waals surface area contributed by atoms with Crippen molar-refractivity contribution < 1.29 is 4.79 Å². The lowest BCUT2D eigenvalue weighted by Crippen LogP contribution is -2.42. The first-order valence-electron chi connectivity index (χ1n) is 5.35. The van der Waals surface area contributed by atoms with Gasteiger partial charge in [0.15, 0.2) is 0 Å². The first-order valence-corrected chi connectivity index (χ1v) is 6.23. The molecule has 0 bridgehead atoms. The maximum atomic E-state index is 11.3. The highest BCUT2D eigenvalue weighted by Gasteiger charge is 2.36.